The molecule has 0 radical (unpaired) electrons. The number of anilines is 1. The number of carbonyl (C=O) groups is 3. The molecule has 1 aromatic heterocycles. The summed E-state index contributed by atoms with van der Waals surface area (Å²) < 4.78 is 11.5. The van der Waals surface area contributed by atoms with Crippen LogP contribution in [0.2, 0.25) is 0 Å². The molecule has 3 N–H and O–H groups in total. The molecule has 15 heteroatoms. The third kappa shape index (κ3) is 10.6. The van der Waals surface area contributed by atoms with Gasteiger partial charge in [-0.1, -0.05) is 102 Å². The normalized spacial score (nSPS) is 14.8. The van der Waals surface area contributed by atoms with Crippen molar-refractivity contribution in [3.8, 4) is 5.75 Å². The Morgan fingerprint density at radius 2 is 1.42 bits per heavy atom. The van der Waals surface area contributed by atoms with Gasteiger partial charge >= 0.3 is 12.1 Å². The zero-order valence-corrected chi connectivity index (χ0v) is 36.1. The zero-order valence-electron chi connectivity index (χ0n) is 35.2. The van der Waals surface area contributed by atoms with Crippen molar-refractivity contribution >= 4 is 46.1 Å². The highest BCUT2D eigenvalue weighted by molar-refractivity contribution is 7.14. The molecule has 1 fully saturated rings. The number of piperidine rings is 1. The second-order valence-corrected chi connectivity index (χ2v) is 16.9. The van der Waals surface area contributed by atoms with Gasteiger partial charge in [-0.25, -0.2) is 19.6 Å². The number of aliphatic imine (C=N–C) groups is 1. The molecule has 2 aliphatic rings. The number of likely N-dealkylation sites (tertiary alicyclic amines) is 1. The first-order valence-electron chi connectivity index (χ1n) is 20.5. The van der Waals surface area contributed by atoms with Crippen molar-refractivity contribution in [2.45, 2.75) is 70.8 Å². The van der Waals surface area contributed by atoms with Gasteiger partial charge in [-0.2, -0.15) is 0 Å². The molecule has 0 saturated carbocycles. The van der Waals surface area contributed by atoms with Crippen LogP contribution in [0.25, 0.3) is 0 Å². The van der Waals surface area contributed by atoms with E-state index in [1.54, 1.807) is 10.3 Å². The van der Waals surface area contributed by atoms with Gasteiger partial charge in [0.15, 0.2) is 11.7 Å². The summed E-state index contributed by atoms with van der Waals surface area (Å²) in [5.74, 6) is -0.386. The second kappa shape index (κ2) is 19.3. The maximum atomic E-state index is 12.6. The Hall–Kier alpha value is -6.74. The molecule has 1 saturated heterocycles. The number of aromatic nitrogens is 1. The molecular formula is C47H51N7O7S. The third-order valence-corrected chi connectivity index (χ3v) is 11.1. The fourth-order valence-corrected chi connectivity index (χ4v) is 8.27. The summed E-state index contributed by atoms with van der Waals surface area (Å²) in [4.78, 5) is 56.0. The number of hydrogen-bond acceptors (Lipinski definition) is 11. The molecule has 0 aliphatic carbocycles. The number of thiazole rings is 1. The molecule has 2 amide bonds. The number of ether oxygens (including phenoxy) is 2. The lowest BCUT2D eigenvalue weighted by atomic mass is 9.77. The number of aliphatic carboxylic acids is 1. The van der Waals surface area contributed by atoms with Gasteiger partial charge in [-0.15, -0.1) is 11.3 Å². The van der Waals surface area contributed by atoms with Crippen molar-refractivity contribution < 1.29 is 33.8 Å². The van der Waals surface area contributed by atoms with Crippen LogP contribution in [0.4, 0.5) is 9.93 Å². The lowest BCUT2D eigenvalue weighted by Crippen LogP contribution is -2.45. The van der Waals surface area contributed by atoms with Crippen LogP contribution in [0.3, 0.4) is 0 Å². The quantitative estimate of drug-likeness (QED) is 0.0352. The molecule has 2 aliphatic heterocycles. The van der Waals surface area contributed by atoms with Crippen LogP contribution in [-0.4, -0.2) is 87.5 Å². The van der Waals surface area contributed by atoms with Crippen LogP contribution in [0.1, 0.15) is 74.0 Å². The van der Waals surface area contributed by atoms with Crippen LogP contribution < -0.4 is 15.4 Å². The van der Waals surface area contributed by atoms with E-state index in [9.17, 15) is 19.5 Å². The molecule has 0 bridgehead atoms. The Kier molecular flexibility index (Phi) is 13.5. The van der Waals surface area contributed by atoms with Crippen LogP contribution in [-0.2, 0) is 37.8 Å². The van der Waals surface area contributed by atoms with Crippen LogP contribution in [0.5, 0.6) is 5.75 Å². The van der Waals surface area contributed by atoms with E-state index in [2.05, 4.69) is 57.2 Å². The molecule has 62 heavy (non-hydrogen) atoms. The molecule has 0 unspecified atom stereocenters. The summed E-state index contributed by atoms with van der Waals surface area (Å²) in [5, 5.41) is 22.8. The fourth-order valence-electron chi connectivity index (χ4n) is 7.52. The Morgan fingerprint density at radius 1 is 0.823 bits per heavy atom. The number of rotatable bonds is 13. The standard InChI is InChI=1S/C47H51N7O7S/c1-32(55)48-43(49-38-22-24-53(25-23-38)45(58)61-46(2,3)4)54-29-33-20-21-39(28-34(33)30-54)59-26-27-60-52-41(42(56)57)40-31-62-44(50-40)51-47(35-14-8-5-9-15-35,36-16-10-6-11-17-36)37-18-12-7-13-19-37/h5-21,28,31,38H,22-27,29-30H2,1-4H3,(H,50,51)(H,56,57)(H,48,49,55)/b52-41-. The number of nitrogens with one attached hydrogen (secondary N) is 2. The average molecular weight is 858 g/mol. The molecule has 0 atom stereocenters. The van der Waals surface area contributed by atoms with Crippen molar-refractivity contribution in [2.24, 2.45) is 10.1 Å². The minimum Gasteiger partial charge on any atom is -0.490 e. The summed E-state index contributed by atoms with van der Waals surface area (Å²) >= 11 is 1.28. The molecule has 4 aromatic carbocycles. The van der Waals surface area contributed by atoms with Crippen molar-refractivity contribution in [3.05, 3.63) is 148 Å². The van der Waals surface area contributed by atoms with E-state index in [0.29, 0.717) is 55.9 Å². The number of amides is 2. The number of fused-ring (bicyclic) bond motifs is 1. The summed E-state index contributed by atoms with van der Waals surface area (Å²) in [6.07, 6.45) is 0.983. The first kappa shape index (κ1) is 43.4. The predicted octanol–water partition coefficient (Wildman–Crippen LogP) is 7.64. The van der Waals surface area contributed by atoms with E-state index in [1.807, 2.05) is 98.5 Å². The molecule has 7 rings (SSSR count). The molecule has 5 aromatic rings. The van der Waals surface area contributed by atoms with Gasteiger partial charge in [-0.05, 0) is 73.6 Å². The molecule has 322 valence electrons. The van der Waals surface area contributed by atoms with Gasteiger partial charge < -0.3 is 34.5 Å². The van der Waals surface area contributed by atoms with Crippen molar-refractivity contribution in [2.75, 3.05) is 31.6 Å². The van der Waals surface area contributed by atoms with Gasteiger partial charge in [-0.3, -0.25) is 10.1 Å². The molecular weight excluding hydrogens is 807 g/mol. The van der Waals surface area contributed by atoms with Crippen LogP contribution in [0.15, 0.2) is 125 Å². The van der Waals surface area contributed by atoms with Crippen molar-refractivity contribution in [1.82, 2.24) is 20.1 Å². The van der Waals surface area contributed by atoms with E-state index in [-0.39, 0.29) is 42.7 Å². The lowest BCUT2D eigenvalue weighted by molar-refractivity contribution is -0.129. The summed E-state index contributed by atoms with van der Waals surface area (Å²) in [6, 6.07) is 35.9. The highest BCUT2D eigenvalue weighted by atomic mass is 32.1. The number of carbonyl (C=O) groups excluding carboxylic acids is 2. The zero-order chi connectivity index (χ0) is 43.7. The number of guanidine groups is 1. The first-order chi connectivity index (χ1) is 29.9. The first-order valence-corrected chi connectivity index (χ1v) is 21.4. The minimum atomic E-state index is -1.28. The second-order valence-electron chi connectivity index (χ2n) is 16.1. The van der Waals surface area contributed by atoms with Gasteiger partial charge in [0.2, 0.25) is 17.6 Å². The highest BCUT2D eigenvalue weighted by Gasteiger charge is 2.37. The Morgan fingerprint density at radius 3 is 1.98 bits per heavy atom. The largest absolute Gasteiger partial charge is 0.490 e. The lowest BCUT2D eigenvalue weighted by Gasteiger charge is -2.36. The van der Waals surface area contributed by atoms with Crippen molar-refractivity contribution in [1.29, 1.82) is 0 Å². The topological polar surface area (TPSA) is 167 Å². The van der Waals surface area contributed by atoms with E-state index < -0.39 is 17.1 Å². The highest BCUT2D eigenvalue weighted by Crippen LogP contribution is 2.40. The van der Waals surface area contributed by atoms with Gasteiger partial charge in [0.25, 0.3) is 0 Å². The summed E-state index contributed by atoms with van der Waals surface area (Å²) in [5.41, 5.74) is 3.48. The summed E-state index contributed by atoms with van der Waals surface area (Å²) in [6.45, 7) is 9.21. The van der Waals surface area contributed by atoms with Crippen LogP contribution in [0, 0.1) is 0 Å². The Bertz CT molecular complexity index is 2300. The molecule has 0 spiro atoms. The maximum absolute atomic E-state index is 12.6. The van der Waals surface area contributed by atoms with Crippen LogP contribution >= 0.6 is 11.3 Å². The number of carboxylic acids is 1. The number of carboxylic acid groups (broad SMARTS) is 1. The SMILES string of the molecule is CC(=O)NC(=NC1CCN(C(=O)OC(C)(C)C)CC1)N1Cc2ccc(OCCO/N=C(\C(=O)O)c3csc(NC(c4ccccc4)(c4ccccc4)c4ccccc4)n3)cc2C1. The van der Waals surface area contributed by atoms with Gasteiger partial charge in [0, 0.05) is 38.5 Å². The minimum absolute atomic E-state index is 0.0134. The number of benzene rings is 4. The smallest absolute Gasteiger partial charge is 0.410 e. The van der Waals surface area contributed by atoms with Gasteiger partial charge in [0.05, 0.1) is 6.04 Å². The Balaban J connectivity index is 0.970. The van der Waals surface area contributed by atoms with Crippen molar-refractivity contribution in [3.63, 3.8) is 0 Å². The maximum Gasteiger partial charge on any atom is 0.410 e. The number of hydrogen-bond donors (Lipinski definition) is 3. The monoisotopic (exact) mass is 857 g/mol. The van der Waals surface area contributed by atoms with E-state index >= 15 is 0 Å². The Labute approximate surface area is 365 Å². The number of oxime groups is 1. The summed E-state index contributed by atoms with van der Waals surface area (Å²) in [7, 11) is 0. The molecule has 14 nitrogen and oxygen atoms in total. The molecule has 3 heterocycles. The van der Waals surface area contributed by atoms with Gasteiger partial charge in [0.1, 0.15) is 29.2 Å². The predicted molar refractivity (Wildman–Crippen MR) is 238 cm³/mol. The average Bonchev–Trinajstić information content (AvgIpc) is 3.91. The fraction of sp³-hybridized carbons (Fsp3) is 0.319. The number of nitrogens with zero attached hydrogens (tertiary/aromatic N) is 5. The third-order valence-electron chi connectivity index (χ3n) is 10.4. The van der Waals surface area contributed by atoms with E-state index in [0.717, 1.165) is 27.8 Å². The van der Waals surface area contributed by atoms with E-state index in [1.165, 1.54) is 18.3 Å². The van der Waals surface area contributed by atoms with E-state index in [4.69, 9.17) is 19.3 Å².